The van der Waals surface area contributed by atoms with Crippen molar-refractivity contribution in [2.45, 2.75) is 32.1 Å². The van der Waals surface area contributed by atoms with Gasteiger partial charge in [0.05, 0.1) is 24.3 Å². The van der Waals surface area contributed by atoms with Gasteiger partial charge in [0.1, 0.15) is 11.3 Å². The maximum Gasteiger partial charge on any atom is 0.211 e. The number of hydrogen-bond acceptors (Lipinski definition) is 5. The van der Waals surface area contributed by atoms with Gasteiger partial charge in [-0.2, -0.15) is 0 Å². The van der Waals surface area contributed by atoms with Gasteiger partial charge in [-0.05, 0) is 42.4 Å². The average molecular weight is 428 g/mol. The number of anilines is 2. The Morgan fingerprint density at radius 2 is 1.90 bits per heavy atom. The minimum Gasteiger partial charge on any atom is -0.334 e. The smallest absolute Gasteiger partial charge is 0.211 e. The van der Waals surface area contributed by atoms with Crippen molar-refractivity contribution >= 4 is 32.6 Å². The number of aryl methyl sites for hydroxylation is 2. The molecular formula is C22H29N5O2S. The predicted octanol–water partition coefficient (Wildman–Crippen LogP) is 3.44. The van der Waals surface area contributed by atoms with E-state index in [4.69, 9.17) is 0 Å². The summed E-state index contributed by atoms with van der Waals surface area (Å²) in [7, 11) is 0.938. The van der Waals surface area contributed by atoms with Crippen LogP contribution >= 0.6 is 0 Å². The lowest BCUT2D eigenvalue weighted by Crippen LogP contribution is -2.37. The van der Waals surface area contributed by atoms with Crippen LogP contribution in [0.1, 0.15) is 36.8 Å². The van der Waals surface area contributed by atoms with Gasteiger partial charge in [-0.25, -0.2) is 22.7 Å². The highest BCUT2D eigenvalue weighted by molar-refractivity contribution is 7.88. The van der Waals surface area contributed by atoms with Gasteiger partial charge in [-0.3, -0.25) is 0 Å². The van der Waals surface area contributed by atoms with Crippen molar-refractivity contribution in [3.63, 3.8) is 0 Å². The van der Waals surface area contributed by atoms with Gasteiger partial charge in [-0.1, -0.05) is 19.1 Å². The number of fused-ring (bicyclic) bond motifs is 1. The van der Waals surface area contributed by atoms with Crippen LogP contribution in [-0.4, -0.2) is 53.7 Å². The number of imidazole rings is 1. The first-order chi connectivity index (χ1) is 14.3. The van der Waals surface area contributed by atoms with Crippen LogP contribution in [0.5, 0.6) is 0 Å². The van der Waals surface area contributed by atoms with Crippen LogP contribution in [0, 0.1) is 0 Å². The van der Waals surface area contributed by atoms with Crippen LogP contribution in [-0.2, 0) is 23.5 Å². The Kier molecular flexibility index (Phi) is 5.55. The van der Waals surface area contributed by atoms with Gasteiger partial charge in [0.15, 0.2) is 0 Å². The van der Waals surface area contributed by atoms with E-state index in [0.29, 0.717) is 19.0 Å². The molecule has 0 radical (unpaired) electrons. The fourth-order valence-corrected chi connectivity index (χ4v) is 5.19. The lowest BCUT2D eigenvalue weighted by Gasteiger charge is -2.31. The summed E-state index contributed by atoms with van der Waals surface area (Å²) in [6.07, 6.45) is 7.57. The van der Waals surface area contributed by atoms with Crippen molar-refractivity contribution in [1.82, 2.24) is 18.8 Å². The summed E-state index contributed by atoms with van der Waals surface area (Å²) < 4.78 is 27.1. The maximum absolute atomic E-state index is 11.8. The summed E-state index contributed by atoms with van der Waals surface area (Å²) in [6.45, 7) is 3.36. The van der Waals surface area contributed by atoms with Crippen LogP contribution in [0.4, 0.5) is 11.5 Å². The molecule has 30 heavy (non-hydrogen) atoms. The molecule has 160 valence electrons. The summed E-state index contributed by atoms with van der Waals surface area (Å²) >= 11 is 0. The highest BCUT2D eigenvalue weighted by Crippen LogP contribution is 2.34. The Hall–Kier alpha value is -2.45. The van der Waals surface area contributed by atoms with E-state index in [1.165, 1.54) is 17.4 Å². The molecule has 3 aromatic rings. The summed E-state index contributed by atoms with van der Waals surface area (Å²) in [5.74, 6) is 1.28. The number of aromatic nitrogens is 3. The minimum atomic E-state index is -3.09. The molecule has 0 N–H and O–H groups in total. The summed E-state index contributed by atoms with van der Waals surface area (Å²) in [6, 6.07) is 8.71. The lowest BCUT2D eigenvalue weighted by molar-refractivity contribution is 0.321. The second-order valence-corrected chi connectivity index (χ2v) is 10.1. The van der Waals surface area contributed by atoms with E-state index in [1.54, 1.807) is 10.6 Å². The maximum atomic E-state index is 11.8. The molecule has 0 unspecified atom stereocenters. The Balaban J connectivity index is 1.58. The number of pyridine rings is 1. The van der Waals surface area contributed by atoms with E-state index in [0.717, 1.165) is 41.8 Å². The van der Waals surface area contributed by atoms with E-state index >= 15 is 0 Å². The van der Waals surface area contributed by atoms with Crippen molar-refractivity contribution in [1.29, 1.82) is 0 Å². The molecule has 0 saturated carbocycles. The van der Waals surface area contributed by atoms with Gasteiger partial charge in [-0.15, -0.1) is 0 Å². The fourth-order valence-electron chi connectivity index (χ4n) is 4.32. The van der Waals surface area contributed by atoms with E-state index in [1.807, 2.05) is 24.9 Å². The normalized spacial score (nSPS) is 16.3. The monoisotopic (exact) mass is 427 g/mol. The Morgan fingerprint density at radius 3 is 2.57 bits per heavy atom. The van der Waals surface area contributed by atoms with Crippen LogP contribution < -0.4 is 4.90 Å². The molecule has 0 spiro atoms. The first-order valence-corrected chi connectivity index (χ1v) is 12.2. The first-order valence-electron chi connectivity index (χ1n) is 10.4. The molecule has 1 fully saturated rings. The number of piperidine rings is 1. The zero-order chi connectivity index (χ0) is 21.5. The third-order valence-corrected chi connectivity index (χ3v) is 7.48. The van der Waals surface area contributed by atoms with Gasteiger partial charge in [0.25, 0.3) is 0 Å². The number of rotatable bonds is 5. The van der Waals surface area contributed by atoms with Crippen molar-refractivity contribution in [2.75, 3.05) is 31.3 Å². The van der Waals surface area contributed by atoms with Crippen molar-refractivity contribution in [2.24, 2.45) is 7.05 Å². The van der Waals surface area contributed by atoms with E-state index < -0.39 is 10.0 Å². The topological polar surface area (TPSA) is 71.3 Å². The van der Waals surface area contributed by atoms with E-state index in [-0.39, 0.29) is 0 Å². The highest BCUT2D eigenvalue weighted by atomic mass is 32.2. The molecule has 0 aliphatic carbocycles. The Morgan fingerprint density at radius 1 is 1.17 bits per heavy atom. The van der Waals surface area contributed by atoms with Crippen LogP contribution in [0.2, 0.25) is 0 Å². The molecule has 0 amide bonds. The van der Waals surface area contributed by atoms with Crippen molar-refractivity contribution in [3.8, 4) is 0 Å². The zero-order valence-electron chi connectivity index (χ0n) is 18.0. The van der Waals surface area contributed by atoms with Gasteiger partial charge in [0.2, 0.25) is 10.0 Å². The first kappa shape index (κ1) is 20.8. The quantitative estimate of drug-likeness (QED) is 0.624. The van der Waals surface area contributed by atoms with Crippen LogP contribution in [0.15, 0.2) is 36.8 Å². The second kappa shape index (κ2) is 8.00. The fraction of sp³-hybridized carbons (Fsp3) is 0.455. The summed E-state index contributed by atoms with van der Waals surface area (Å²) in [5, 5.41) is 0. The molecule has 3 heterocycles. The lowest BCUT2D eigenvalue weighted by atomic mass is 9.88. The predicted molar refractivity (Wildman–Crippen MR) is 121 cm³/mol. The molecule has 1 aliphatic heterocycles. The van der Waals surface area contributed by atoms with Crippen LogP contribution in [0.25, 0.3) is 11.0 Å². The van der Waals surface area contributed by atoms with Gasteiger partial charge >= 0.3 is 0 Å². The third kappa shape index (κ3) is 3.94. The summed E-state index contributed by atoms with van der Waals surface area (Å²) in [4.78, 5) is 11.1. The van der Waals surface area contributed by atoms with Gasteiger partial charge in [0, 0.05) is 38.9 Å². The molecule has 1 saturated heterocycles. The van der Waals surface area contributed by atoms with Crippen molar-refractivity contribution in [3.05, 3.63) is 47.9 Å². The number of hydrogen-bond donors (Lipinski definition) is 0. The molecule has 0 bridgehead atoms. The SMILES string of the molecule is CCc1cc(C2CCN(S(C)(=O)=O)CC2)ccc1N(C)c1cc2c(cn1)ncn2C. The molecule has 8 heteroatoms. The number of sulfonamides is 1. The standard InChI is InChI=1S/C22H29N5O2S/c1-5-16-12-18(17-8-10-27(11-9-17)30(4,28)29)6-7-20(16)26(3)22-13-21-19(14-23-22)24-15-25(21)2/h6-7,12-15,17H,5,8-11H2,1-4H3. The molecule has 2 aromatic heterocycles. The largest absolute Gasteiger partial charge is 0.334 e. The van der Waals surface area contributed by atoms with Crippen LogP contribution in [0.3, 0.4) is 0 Å². The van der Waals surface area contributed by atoms with E-state index in [2.05, 4.69) is 46.1 Å². The molecule has 0 atom stereocenters. The molecular weight excluding hydrogens is 398 g/mol. The summed E-state index contributed by atoms with van der Waals surface area (Å²) in [5.41, 5.74) is 5.66. The second-order valence-electron chi connectivity index (χ2n) is 8.12. The number of nitrogens with zero attached hydrogens (tertiary/aromatic N) is 5. The Labute approximate surface area is 178 Å². The number of benzene rings is 1. The van der Waals surface area contributed by atoms with Gasteiger partial charge < -0.3 is 9.47 Å². The minimum absolute atomic E-state index is 0.400. The van der Waals surface area contributed by atoms with Crippen molar-refractivity contribution < 1.29 is 8.42 Å². The molecule has 7 nitrogen and oxygen atoms in total. The molecule has 1 aliphatic rings. The highest BCUT2D eigenvalue weighted by Gasteiger charge is 2.26. The Bertz CT molecular complexity index is 1160. The zero-order valence-corrected chi connectivity index (χ0v) is 18.9. The third-order valence-electron chi connectivity index (χ3n) is 6.18. The molecule has 1 aromatic carbocycles. The average Bonchev–Trinajstić information content (AvgIpc) is 3.12. The molecule has 4 rings (SSSR count). The van der Waals surface area contributed by atoms with E-state index in [9.17, 15) is 8.42 Å².